The van der Waals surface area contributed by atoms with E-state index in [1.807, 2.05) is 52.0 Å². The summed E-state index contributed by atoms with van der Waals surface area (Å²) in [6.07, 6.45) is 1.62. The average Bonchev–Trinajstić information content (AvgIpc) is 3.28. The van der Waals surface area contributed by atoms with Crippen LogP contribution in [0.3, 0.4) is 0 Å². The highest BCUT2D eigenvalue weighted by atomic mass is 16.6. The number of carbonyl (C=O) groups is 1. The summed E-state index contributed by atoms with van der Waals surface area (Å²) in [4.78, 5) is 12.6. The van der Waals surface area contributed by atoms with E-state index in [1.165, 1.54) is 10.9 Å². The minimum Gasteiger partial charge on any atom is -0.491 e. The zero-order valence-corrected chi connectivity index (χ0v) is 16.5. The molecule has 0 aliphatic carbocycles. The van der Waals surface area contributed by atoms with Gasteiger partial charge in [-0.1, -0.05) is 19.1 Å². The van der Waals surface area contributed by atoms with Crippen molar-refractivity contribution in [2.24, 2.45) is 5.10 Å². The molecule has 152 valence electrons. The number of hydrogen-bond donors (Lipinski definition) is 2. The highest BCUT2D eigenvalue weighted by molar-refractivity contribution is 5.94. The van der Waals surface area contributed by atoms with Crippen LogP contribution < -0.4 is 15.9 Å². The molecule has 0 aliphatic heterocycles. The number of nitrogens with zero attached hydrogens (tertiary/aromatic N) is 6. The molecule has 0 saturated carbocycles. The van der Waals surface area contributed by atoms with E-state index in [-0.39, 0.29) is 29.4 Å². The first-order valence-electron chi connectivity index (χ1n) is 9.01. The molecule has 3 aromatic rings. The summed E-state index contributed by atoms with van der Waals surface area (Å²) in [7, 11) is 0. The number of nitrogen functional groups attached to an aromatic ring is 1. The summed E-state index contributed by atoms with van der Waals surface area (Å²) in [5, 5.41) is 19.1. The number of amides is 1. The van der Waals surface area contributed by atoms with Crippen LogP contribution in [0.25, 0.3) is 5.82 Å². The van der Waals surface area contributed by atoms with Crippen molar-refractivity contribution in [2.45, 2.75) is 39.7 Å². The summed E-state index contributed by atoms with van der Waals surface area (Å²) in [5.74, 6) is 0.380. The second-order valence-corrected chi connectivity index (χ2v) is 6.80. The number of hydrogen-bond acceptors (Lipinski definition) is 9. The van der Waals surface area contributed by atoms with Crippen molar-refractivity contribution in [3.05, 3.63) is 41.2 Å². The van der Waals surface area contributed by atoms with Gasteiger partial charge in [0.15, 0.2) is 5.69 Å². The molecular weight excluding hydrogens is 376 g/mol. The van der Waals surface area contributed by atoms with Gasteiger partial charge < -0.3 is 10.5 Å². The predicted octanol–water partition coefficient (Wildman–Crippen LogP) is 1.91. The Balaban J connectivity index is 1.73. The van der Waals surface area contributed by atoms with Crippen LogP contribution in [0.1, 0.15) is 55.4 Å². The van der Waals surface area contributed by atoms with Gasteiger partial charge in [-0.2, -0.15) is 9.78 Å². The van der Waals surface area contributed by atoms with Crippen LogP contribution >= 0.6 is 0 Å². The SMILES string of the molecule is CC(C)Oc1ccc(/C=N/NC(=O)c2nnn(-c3nonc3N)c2C(C)C)cc1. The van der Waals surface area contributed by atoms with Gasteiger partial charge in [0, 0.05) is 0 Å². The first-order chi connectivity index (χ1) is 13.9. The quantitative estimate of drug-likeness (QED) is 0.453. The van der Waals surface area contributed by atoms with Crippen molar-refractivity contribution in [2.75, 3.05) is 5.73 Å². The molecule has 1 amide bonds. The molecule has 0 fully saturated rings. The van der Waals surface area contributed by atoms with Crippen molar-refractivity contribution >= 4 is 17.9 Å². The molecule has 11 heteroatoms. The Morgan fingerprint density at radius 1 is 1.24 bits per heavy atom. The number of rotatable bonds is 7. The lowest BCUT2D eigenvalue weighted by atomic mass is 10.1. The third kappa shape index (κ3) is 4.57. The standard InChI is InChI=1S/C18H22N8O3/c1-10(2)15-14(21-25-26(15)17-16(19)23-29-24-17)18(27)22-20-9-12-5-7-13(8-6-12)28-11(3)4/h5-11H,1-4H3,(H2,19,23)(H,22,27)/b20-9+. The van der Waals surface area contributed by atoms with Crippen LogP contribution in [0.15, 0.2) is 34.0 Å². The van der Waals surface area contributed by atoms with Crippen LogP contribution in [0.5, 0.6) is 5.75 Å². The normalized spacial score (nSPS) is 11.5. The maximum Gasteiger partial charge on any atom is 0.293 e. The Bertz CT molecular complexity index is 1000. The van der Waals surface area contributed by atoms with Gasteiger partial charge >= 0.3 is 0 Å². The Hall–Kier alpha value is -3.76. The van der Waals surface area contributed by atoms with Gasteiger partial charge in [0.25, 0.3) is 5.91 Å². The number of benzene rings is 1. The summed E-state index contributed by atoms with van der Waals surface area (Å²) >= 11 is 0. The van der Waals surface area contributed by atoms with Crippen LogP contribution in [0, 0.1) is 0 Å². The Kier molecular flexibility index (Phi) is 5.86. The Morgan fingerprint density at radius 2 is 1.97 bits per heavy atom. The molecule has 0 saturated heterocycles. The summed E-state index contributed by atoms with van der Waals surface area (Å²) < 4.78 is 11.5. The number of aromatic nitrogens is 5. The van der Waals surface area contributed by atoms with Gasteiger partial charge in [-0.15, -0.1) is 5.10 Å². The molecule has 3 N–H and O–H groups in total. The van der Waals surface area contributed by atoms with E-state index < -0.39 is 5.91 Å². The van der Waals surface area contributed by atoms with Crippen molar-refractivity contribution in [3.63, 3.8) is 0 Å². The molecule has 0 unspecified atom stereocenters. The van der Waals surface area contributed by atoms with Gasteiger partial charge in [-0.05, 0) is 59.9 Å². The van der Waals surface area contributed by atoms with E-state index >= 15 is 0 Å². The van der Waals surface area contributed by atoms with E-state index in [4.69, 9.17) is 10.5 Å². The molecule has 0 aliphatic rings. The maximum absolute atomic E-state index is 12.6. The second-order valence-electron chi connectivity index (χ2n) is 6.80. The number of carbonyl (C=O) groups excluding carboxylic acids is 1. The minimum absolute atomic E-state index is 0.0478. The lowest BCUT2D eigenvalue weighted by Gasteiger charge is -2.09. The highest BCUT2D eigenvalue weighted by Crippen LogP contribution is 2.22. The Morgan fingerprint density at radius 3 is 2.55 bits per heavy atom. The lowest BCUT2D eigenvalue weighted by molar-refractivity contribution is 0.0948. The fourth-order valence-electron chi connectivity index (χ4n) is 2.59. The second kappa shape index (κ2) is 8.50. The molecular formula is C18H22N8O3. The zero-order valence-electron chi connectivity index (χ0n) is 16.5. The van der Waals surface area contributed by atoms with Crippen LogP contribution in [-0.4, -0.2) is 43.5 Å². The predicted molar refractivity (Wildman–Crippen MR) is 105 cm³/mol. The molecule has 0 spiro atoms. The fraction of sp³-hybridized carbons (Fsp3) is 0.333. The zero-order chi connectivity index (χ0) is 21.0. The first-order valence-corrected chi connectivity index (χ1v) is 9.01. The van der Waals surface area contributed by atoms with E-state index in [2.05, 4.69) is 35.8 Å². The number of nitrogens with one attached hydrogen (secondary N) is 1. The van der Waals surface area contributed by atoms with Gasteiger partial charge in [0.2, 0.25) is 11.6 Å². The van der Waals surface area contributed by atoms with Crippen molar-refractivity contribution < 1.29 is 14.2 Å². The molecule has 1 aromatic carbocycles. The topological polar surface area (TPSA) is 146 Å². The first kappa shape index (κ1) is 20.0. The van der Waals surface area contributed by atoms with Crippen molar-refractivity contribution in [1.29, 1.82) is 0 Å². The van der Waals surface area contributed by atoms with E-state index in [0.29, 0.717) is 5.69 Å². The summed E-state index contributed by atoms with van der Waals surface area (Å²) in [6, 6.07) is 7.34. The maximum atomic E-state index is 12.6. The third-order valence-electron chi connectivity index (χ3n) is 3.79. The van der Waals surface area contributed by atoms with E-state index in [1.54, 1.807) is 0 Å². The average molecular weight is 398 g/mol. The number of anilines is 1. The molecule has 0 atom stereocenters. The third-order valence-corrected chi connectivity index (χ3v) is 3.79. The molecule has 29 heavy (non-hydrogen) atoms. The van der Waals surface area contributed by atoms with Crippen molar-refractivity contribution in [1.82, 2.24) is 30.7 Å². The summed E-state index contributed by atoms with van der Waals surface area (Å²) in [6.45, 7) is 7.69. The number of nitrogens with two attached hydrogens (primary N) is 1. The lowest BCUT2D eigenvalue weighted by Crippen LogP contribution is -2.21. The van der Waals surface area contributed by atoms with E-state index in [9.17, 15) is 4.79 Å². The molecule has 0 radical (unpaired) electrons. The smallest absolute Gasteiger partial charge is 0.293 e. The van der Waals surface area contributed by atoms with Gasteiger partial charge in [-0.25, -0.2) is 10.1 Å². The molecule has 0 bridgehead atoms. The van der Waals surface area contributed by atoms with Crippen molar-refractivity contribution in [3.8, 4) is 11.6 Å². The summed E-state index contributed by atoms with van der Waals surface area (Å²) in [5.41, 5.74) is 9.60. The van der Waals surface area contributed by atoms with Gasteiger partial charge in [0.1, 0.15) is 5.75 Å². The van der Waals surface area contributed by atoms with Crippen LogP contribution in [0.4, 0.5) is 5.82 Å². The highest BCUT2D eigenvalue weighted by Gasteiger charge is 2.25. The molecule has 3 rings (SSSR count). The minimum atomic E-state index is -0.508. The van der Waals surface area contributed by atoms with Crippen LogP contribution in [0.2, 0.25) is 0 Å². The van der Waals surface area contributed by atoms with E-state index in [0.717, 1.165) is 11.3 Å². The largest absolute Gasteiger partial charge is 0.491 e. The molecule has 11 nitrogen and oxygen atoms in total. The van der Waals surface area contributed by atoms with Gasteiger partial charge in [-0.3, -0.25) is 4.79 Å². The van der Waals surface area contributed by atoms with Gasteiger partial charge in [0.05, 0.1) is 18.0 Å². The Labute approximate surface area is 166 Å². The number of hydrazone groups is 1. The fourth-order valence-corrected chi connectivity index (χ4v) is 2.59. The van der Waals surface area contributed by atoms with Crippen LogP contribution in [-0.2, 0) is 0 Å². The number of ether oxygens (including phenoxy) is 1. The molecule has 2 aromatic heterocycles. The molecule has 2 heterocycles. The monoisotopic (exact) mass is 398 g/mol.